The molecule has 1 heterocycles. The van der Waals surface area contributed by atoms with Gasteiger partial charge in [-0.2, -0.15) is 18.4 Å². The molecule has 0 saturated carbocycles. The molecular weight excluding hydrogens is 369 g/mol. The Balaban J connectivity index is 1.89. The molecule has 0 bridgehead atoms. The van der Waals surface area contributed by atoms with Gasteiger partial charge >= 0.3 is 6.18 Å². The van der Waals surface area contributed by atoms with Crippen LogP contribution in [0, 0.1) is 11.3 Å². The van der Waals surface area contributed by atoms with Gasteiger partial charge < -0.3 is 14.6 Å². The molecule has 3 rings (SSSR count). The highest BCUT2D eigenvalue weighted by atomic mass is 19.4. The van der Waals surface area contributed by atoms with Gasteiger partial charge in [0.1, 0.15) is 0 Å². The molecule has 1 unspecified atom stereocenters. The number of halogens is 3. The van der Waals surface area contributed by atoms with E-state index >= 15 is 0 Å². The van der Waals surface area contributed by atoms with E-state index in [9.17, 15) is 18.3 Å². The van der Waals surface area contributed by atoms with Crippen molar-refractivity contribution in [2.45, 2.75) is 38.5 Å². The SMILES string of the molecule is CCn1cncc1C1=CCC(N(CCO)c2ccc(C#N)c(C(F)(F)F)c2)C1. The number of aliphatic hydroxyl groups is 1. The van der Waals surface area contributed by atoms with Crippen molar-refractivity contribution in [1.82, 2.24) is 9.55 Å². The summed E-state index contributed by atoms with van der Waals surface area (Å²) in [5.41, 5.74) is 1.09. The Hall–Kier alpha value is -2.79. The summed E-state index contributed by atoms with van der Waals surface area (Å²) in [4.78, 5) is 5.96. The number of aryl methyl sites for hydroxylation is 1. The van der Waals surface area contributed by atoms with Gasteiger partial charge in [-0.1, -0.05) is 6.08 Å². The fourth-order valence-corrected chi connectivity index (χ4v) is 3.66. The first-order valence-corrected chi connectivity index (χ1v) is 9.07. The van der Waals surface area contributed by atoms with Crippen LogP contribution in [0.4, 0.5) is 18.9 Å². The minimum Gasteiger partial charge on any atom is -0.395 e. The van der Waals surface area contributed by atoms with Gasteiger partial charge in [0.2, 0.25) is 0 Å². The molecule has 1 aliphatic carbocycles. The molecule has 0 amide bonds. The van der Waals surface area contributed by atoms with Gasteiger partial charge in [0, 0.05) is 24.8 Å². The minimum absolute atomic E-state index is 0.0728. The molecule has 0 saturated heterocycles. The lowest BCUT2D eigenvalue weighted by atomic mass is 10.0. The lowest BCUT2D eigenvalue weighted by Crippen LogP contribution is -2.36. The summed E-state index contributed by atoms with van der Waals surface area (Å²) in [7, 11) is 0. The van der Waals surface area contributed by atoms with Crippen molar-refractivity contribution >= 4 is 11.3 Å². The second-order valence-corrected chi connectivity index (χ2v) is 6.64. The van der Waals surface area contributed by atoms with Crippen molar-refractivity contribution < 1.29 is 18.3 Å². The third-order valence-electron chi connectivity index (χ3n) is 5.02. The van der Waals surface area contributed by atoms with Crippen molar-refractivity contribution in [1.29, 1.82) is 5.26 Å². The highest BCUT2D eigenvalue weighted by Gasteiger charge is 2.35. The van der Waals surface area contributed by atoms with Crippen LogP contribution < -0.4 is 4.90 Å². The molecule has 1 aromatic heterocycles. The number of rotatable bonds is 6. The maximum Gasteiger partial charge on any atom is 0.417 e. The average molecular weight is 390 g/mol. The molecule has 0 spiro atoms. The zero-order chi connectivity index (χ0) is 20.3. The first-order chi connectivity index (χ1) is 13.4. The van der Waals surface area contributed by atoms with Gasteiger partial charge in [-0.05, 0) is 43.5 Å². The zero-order valence-corrected chi connectivity index (χ0v) is 15.4. The molecular formula is C20H21F3N4O. The molecule has 0 fully saturated rings. The molecule has 148 valence electrons. The monoisotopic (exact) mass is 390 g/mol. The van der Waals surface area contributed by atoms with Crippen molar-refractivity contribution in [3.05, 3.63) is 53.6 Å². The molecule has 0 radical (unpaired) electrons. The molecule has 2 aromatic rings. The van der Waals surface area contributed by atoms with Gasteiger partial charge in [-0.25, -0.2) is 4.98 Å². The van der Waals surface area contributed by atoms with Crippen molar-refractivity contribution in [2.24, 2.45) is 0 Å². The van der Waals surface area contributed by atoms with Crippen LogP contribution >= 0.6 is 0 Å². The van der Waals surface area contributed by atoms with E-state index in [2.05, 4.69) is 11.1 Å². The molecule has 28 heavy (non-hydrogen) atoms. The van der Waals surface area contributed by atoms with Crippen molar-refractivity contribution in [3.63, 3.8) is 0 Å². The van der Waals surface area contributed by atoms with Crippen LogP contribution in [0.2, 0.25) is 0 Å². The van der Waals surface area contributed by atoms with Crippen LogP contribution in [-0.2, 0) is 12.7 Å². The van der Waals surface area contributed by atoms with Crippen LogP contribution in [0.5, 0.6) is 0 Å². The maximum absolute atomic E-state index is 13.3. The summed E-state index contributed by atoms with van der Waals surface area (Å²) < 4.78 is 42.0. The molecule has 1 aliphatic rings. The van der Waals surface area contributed by atoms with Gasteiger partial charge in [0.15, 0.2) is 0 Å². The van der Waals surface area contributed by atoms with E-state index in [-0.39, 0.29) is 19.2 Å². The zero-order valence-electron chi connectivity index (χ0n) is 15.4. The first kappa shape index (κ1) is 20.0. The van der Waals surface area contributed by atoms with E-state index in [4.69, 9.17) is 5.26 Å². The van der Waals surface area contributed by atoms with Crippen LogP contribution in [0.3, 0.4) is 0 Å². The second-order valence-electron chi connectivity index (χ2n) is 6.64. The molecule has 1 atom stereocenters. The topological polar surface area (TPSA) is 65.1 Å². The Bertz CT molecular complexity index is 911. The predicted octanol–water partition coefficient (Wildman–Crippen LogP) is 3.84. The summed E-state index contributed by atoms with van der Waals surface area (Å²) in [5.74, 6) is 0. The second kappa shape index (κ2) is 8.07. The van der Waals surface area contributed by atoms with E-state index in [1.807, 2.05) is 11.5 Å². The highest BCUT2D eigenvalue weighted by Crippen LogP contribution is 2.37. The number of aromatic nitrogens is 2. The molecule has 1 aromatic carbocycles. The summed E-state index contributed by atoms with van der Waals surface area (Å²) in [6.07, 6.45) is 2.31. The maximum atomic E-state index is 13.3. The smallest absolute Gasteiger partial charge is 0.395 e. The van der Waals surface area contributed by atoms with E-state index < -0.39 is 17.3 Å². The average Bonchev–Trinajstić information content (AvgIpc) is 3.33. The lowest BCUT2D eigenvalue weighted by Gasteiger charge is -2.31. The summed E-state index contributed by atoms with van der Waals surface area (Å²) >= 11 is 0. The van der Waals surface area contributed by atoms with E-state index in [0.717, 1.165) is 23.9 Å². The molecule has 8 heteroatoms. The van der Waals surface area contributed by atoms with E-state index in [0.29, 0.717) is 18.5 Å². The number of nitrogens with zero attached hydrogens (tertiary/aromatic N) is 4. The molecule has 1 N–H and O–H groups in total. The first-order valence-electron chi connectivity index (χ1n) is 9.07. The lowest BCUT2D eigenvalue weighted by molar-refractivity contribution is -0.137. The standard InChI is InChI=1S/C20H21F3N4O/c1-2-26-13-25-12-19(26)14-3-5-16(9-14)27(7-8-28)17-6-4-15(11-24)18(10-17)20(21,22)23/h3-4,6,10,12-13,16,28H,2,5,7-9H2,1H3. The normalized spacial score (nSPS) is 16.7. The number of imidazole rings is 1. The largest absolute Gasteiger partial charge is 0.417 e. The Labute approximate surface area is 161 Å². The Morgan fingerprint density at radius 1 is 1.39 bits per heavy atom. The van der Waals surface area contributed by atoms with Gasteiger partial charge in [-0.15, -0.1) is 0 Å². The van der Waals surface area contributed by atoms with E-state index in [1.165, 1.54) is 12.1 Å². The molecule has 0 aliphatic heterocycles. The third kappa shape index (κ3) is 3.90. The fraction of sp³-hybridized carbons (Fsp3) is 0.400. The van der Waals surface area contributed by atoms with Crippen LogP contribution in [-0.4, -0.2) is 33.9 Å². The van der Waals surface area contributed by atoms with Gasteiger partial charge in [-0.3, -0.25) is 0 Å². The Kier molecular flexibility index (Phi) is 5.75. The third-order valence-corrected chi connectivity index (χ3v) is 5.02. The number of aliphatic hydroxyl groups excluding tert-OH is 1. The highest BCUT2D eigenvalue weighted by molar-refractivity contribution is 5.67. The Morgan fingerprint density at radius 2 is 2.18 bits per heavy atom. The summed E-state index contributed by atoms with van der Waals surface area (Å²) in [5, 5.41) is 18.5. The molecule has 5 nitrogen and oxygen atoms in total. The van der Waals surface area contributed by atoms with Crippen molar-refractivity contribution in [3.8, 4) is 6.07 Å². The number of hydrogen-bond donors (Lipinski definition) is 1. The van der Waals surface area contributed by atoms with Crippen LogP contribution in [0.1, 0.15) is 36.6 Å². The predicted molar refractivity (Wildman–Crippen MR) is 99.5 cm³/mol. The summed E-state index contributed by atoms with van der Waals surface area (Å²) in [6.45, 7) is 2.83. The van der Waals surface area contributed by atoms with Crippen LogP contribution in [0.25, 0.3) is 5.57 Å². The van der Waals surface area contributed by atoms with E-state index in [1.54, 1.807) is 23.5 Å². The minimum atomic E-state index is -4.61. The number of anilines is 1. The number of alkyl halides is 3. The van der Waals surface area contributed by atoms with Crippen molar-refractivity contribution in [2.75, 3.05) is 18.1 Å². The fourth-order valence-electron chi connectivity index (χ4n) is 3.66. The number of hydrogen-bond acceptors (Lipinski definition) is 4. The summed E-state index contributed by atoms with van der Waals surface area (Å²) in [6, 6.07) is 5.23. The number of benzene rings is 1. The van der Waals surface area contributed by atoms with Gasteiger partial charge in [0.05, 0.1) is 42.0 Å². The Morgan fingerprint density at radius 3 is 2.82 bits per heavy atom. The van der Waals surface area contributed by atoms with Crippen LogP contribution in [0.15, 0.2) is 36.8 Å². The number of nitriles is 1. The quantitative estimate of drug-likeness (QED) is 0.814. The van der Waals surface area contributed by atoms with Gasteiger partial charge in [0.25, 0.3) is 0 Å².